The summed E-state index contributed by atoms with van der Waals surface area (Å²) in [6.45, 7) is 4.70. The Morgan fingerprint density at radius 2 is 1.77 bits per heavy atom. The van der Waals surface area contributed by atoms with Gasteiger partial charge in [-0.2, -0.15) is 0 Å². The van der Waals surface area contributed by atoms with Crippen LogP contribution in [-0.2, 0) is 0 Å². The minimum atomic E-state index is -1.95. The quantitative estimate of drug-likeness (QED) is 0.601. The summed E-state index contributed by atoms with van der Waals surface area (Å²) in [5.41, 5.74) is 12.2. The Morgan fingerprint density at radius 3 is 2.50 bits per heavy atom. The van der Waals surface area contributed by atoms with Gasteiger partial charge in [0.1, 0.15) is 13.8 Å². The largest absolute Gasteiger partial charge is 0.507 e. The van der Waals surface area contributed by atoms with E-state index in [0.717, 1.165) is 22.5 Å². The molecule has 0 atom stereocenters. The van der Waals surface area contributed by atoms with Crippen molar-refractivity contribution >= 4 is 30.2 Å². The number of hydrogen-bond acceptors (Lipinski definition) is 3. The van der Waals surface area contributed by atoms with Gasteiger partial charge in [0, 0.05) is 18.3 Å². The first kappa shape index (κ1) is 16.6. The minimum Gasteiger partial charge on any atom is -0.507 e. The average Bonchev–Trinajstić information content (AvgIpc) is 2.63. The number of rotatable bonds is 1. The van der Waals surface area contributed by atoms with Gasteiger partial charge in [-0.05, 0) is 57.4 Å². The van der Waals surface area contributed by atoms with Gasteiger partial charge in [-0.15, -0.1) is 0 Å². The van der Waals surface area contributed by atoms with Crippen LogP contribution in [-0.4, -0.2) is 25.9 Å². The third-order valence-electron chi connectivity index (χ3n) is 5.36. The Balaban J connectivity index is 2.13. The standard InChI is InChI=1S/C22H22N2OSi/c1-24-15-9-11-18-21(13-15)26(2,3)20-12-14(23)8-10-17(20)22(18)16-6-4-5-7-19(16)25/h4-13,25H,23H2,1-3H3/b24-15+. The van der Waals surface area contributed by atoms with Crippen molar-refractivity contribution in [3.05, 3.63) is 82.6 Å². The zero-order valence-corrected chi connectivity index (χ0v) is 16.2. The highest BCUT2D eigenvalue weighted by Crippen LogP contribution is 2.43. The first-order chi connectivity index (χ1) is 12.4. The number of nitrogens with two attached hydrogens (primary N) is 1. The van der Waals surface area contributed by atoms with Crippen LogP contribution in [0, 0.1) is 0 Å². The van der Waals surface area contributed by atoms with Crippen LogP contribution >= 0.6 is 0 Å². The Morgan fingerprint density at radius 1 is 1.00 bits per heavy atom. The fourth-order valence-corrected chi connectivity index (χ4v) is 7.06. The number of benzene rings is 2. The number of nitrogens with zero attached hydrogens (tertiary/aromatic N) is 1. The molecule has 0 saturated heterocycles. The van der Waals surface area contributed by atoms with Crippen LogP contribution in [0.5, 0.6) is 5.75 Å². The summed E-state index contributed by atoms with van der Waals surface area (Å²) in [4.78, 5) is 4.37. The molecule has 0 aromatic heterocycles. The molecule has 130 valence electrons. The lowest BCUT2D eigenvalue weighted by atomic mass is 9.89. The normalized spacial score (nSPS) is 19.2. The molecule has 2 aromatic rings. The molecule has 4 heteroatoms. The summed E-state index contributed by atoms with van der Waals surface area (Å²) < 4.78 is 0. The number of phenols is 1. The van der Waals surface area contributed by atoms with Gasteiger partial charge >= 0.3 is 0 Å². The van der Waals surface area contributed by atoms with Crippen molar-refractivity contribution < 1.29 is 5.11 Å². The molecule has 2 aromatic carbocycles. The van der Waals surface area contributed by atoms with Gasteiger partial charge in [0.25, 0.3) is 0 Å². The molecule has 0 spiro atoms. The zero-order valence-electron chi connectivity index (χ0n) is 15.2. The van der Waals surface area contributed by atoms with Crippen molar-refractivity contribution in [1.82, 2.24) is 0 Å². The first-order valence-corrected chi connectivity index (χ1v) is 11.7. The molecule has 26 heavy (non-hydrogen) atoms. The Bertz CT molecular complexity index is 1040. The van der Waals surface area contributed by atoms with Gasteiger partial charge < -0.3 is 10.8 Å². The minimum absolute atomic E-state index is 0.293. The van der Waals surface area contributed by atoms with Crippen molar-refractivity contribution in [1.29, 1.82) is 0 Å². The summed E-state index contributed by atoms with van der Waals surface area (Å²) in [5, 5.41) is 13.2. The van der Waals surface area contributed by atoms with E-state index in [4.69, 9.17) is 5.73 Å². The second-order valence-electron chi connectivity index (χ2n) is 7.28. The molecule has 0 saturated carbocycles. The fourth-order valence-electron chi connectivity index (χ4n) is 3.97. The van der Waals surface area contributed by atoms with Crippen LogP contribution in [0.3, 0.4) is 0 Å². The summed E-state index contributed by atoms with van der Waals surface area (Å²) in [7, 11) is -0.127. The molecule has 0 fully saturated rings. The lowest BCUT2D eigenvalue weighted by molar-refractivity contribution is 0.473. The van der Waals surface area contributed by atoms with E-state index in [1.54, 1.807) is 6.07 Å². The van der Waals surface area contributed by atoms with E-state index in [2.05, 4.69) is 42.4 Å². The summed E-state index contributed by atoms with van der Waals surface area (Å²) in [6.07, 6.45) is 6.40. The molecule has 0 bridgehead atoms. The van der Waals surface area contributed by atoms with Gasteiger partial charge in [0.15, 0.2) is 0 Å². The highest BCUT2D eigenvalue weighted by molar-refractivity contribution is 6.98. The molecular formula is C22H22N2OSi. The van der Waals surface area contributed by atoms with E-state index in [1.807, 2.05) is 37.4 Å². The van der Waals surface area contributed by atoms with Crippen molar-refractivity contribution in [3.8, 4) is 5.75 Å². The Hall–Kier alpha value is -2.85. The molecule has 2 aliphatic rings. The summed E-state index contributed by atoms with van der Waals surface area (Å²) in [6, 6.07) is 13.7. The maximum Gasteiger partial charge on any atom is 0.123 e. The first-order valence-electron chi connectivity index (χ1n) is 8.74. The molecule has 0 radical (unpaired) electrons. The molecule has 1 aliphatic heterocycles. The number of phenolic OH excluding ortho intramolecular Hbond substituents is 1. The number of fused-ring (bicyclic) bond motifs is 2. The predicted molar refractivity (Wildman–Crippen MR) is 113 cm³/mol. The van der Waals surface area contributed by atoms with E-state index >= 15 is 0 Å². The molecule has 4 rings (SSSR count). The third kappa shape index (κ3) is 2.37. The van der Waals surface area contributed by atoms with E-state index < -0.39 is 8.07 Å². The Kier molecular flexibility index (Phi) is 3.74. The monoisotopic (exact) mass is 358 g/mol. The number of nitrogen functional groups attached to an aromatic ring is 1. The SMILES string of the molecule is C/N=C1\C=CC2=C(c3ccccc3O)c3ccc(N)cc3[Si](C)(C)C2=C1. The van der Waals surface area contributed by atoms with Gasteiger partial charge in [-0.3, -0.25) is 4.99 Å². The van der Waals surface area contributed by atoms with Gasteiger partial charge in [-0.25, -0.2) is 0 Å². The fraction of sp³-hybridized carbons (Fsp3) is 0.136. The lowest BCUT2D eigenvalue weighted by Gasteiger charge is -2.38. The third-order valence-corrected chi connectivity index (χ3v) is 8.88. The lowest BCUT2D eigenvalue weighted by Crippen LogP contribution is -2.49. The molecule has 3 N–H and O–H groups in total. The van der Waals surface area contributed by atoms with Crippen LogP contribution in [0.4, 0.5) is 5.69 Å². The number of anilines is 1. The maximum absolute atomic E-state index is 10.5. The van der Waals surface area contributed by atoms with Crippen LogP contribution in [0.1, 0.15) is 11.1 Å². The number of allylic oxidation sites excluding steroid dienone is 5. The zero-order chi connectivity index (χ0) is 18.5. The van der Waals surface area contributed by atoms with Crippen LogP contribution in [0.25, 0.3) is 5.57 Å². The highest BCUT2D eigenvalue weighted by atomic mass is 28.3. The number of hydrogen-bond donors (Lipinski definition) is 2. The van der Waals surface area contributed by atoms with Crippen molar-refractivity contribution in [2.24, 2.45) is 4.99 Å². The highest BCUT2D eigenvalue weighted by Gasteiger charge is 2.39. The molecular weight excluding hydrogens is 336 g/mol. The summed E-state index contributed by atoms with van der Waals surface area (Å²) >= 11 is 0. The molecule has 0 amide bonds. The van der Waals surface area contributed by atoms with Crippen molar-refractivity contribution in [2.75, 3.05) is 12.8 Å². The van der Waals surface area contributed by atoms with Gasteiger partial charge in [-0.1, -0.05) is 43.4 Å². The van der Waals surface area contributed by atoms with E-state index in [9.17, 15) is 5.11 Å². The molecule has 3 nitrogen and oxygen atoms in total. The van der Waals surface area contributed by atoms with E-state index in [1.165, 1.54) is 21.5 Å². The number of aromatic hydroxyl groups is 1. The van der Waals surface area contributed by atoms with Crippen LogP contribution in [0.15, 0.2) is 76.5 Å². The second kappa shape index (κ2) is 5.85. The van der Waals surface area contributed by atoms with Crippen LogP contribution in [0.2, 0.25) is 13.1 Å². The smallest absolute Gasteiger partial charge is 0.123 e. The van der Waals surface area contributed by atoms with Crippen molar-refractivity contribution in [3.63, 3.8) is 0 Å². The van der Waals surface area contributed by atoms with Gasteiger partial charge in [0.05, 0.1) is 5.71 Å². The second-order valence-corrected chi connectivity index (χ2v) is 11.6. The van der Waals surface area contributed by atoms with Crippen molar-refractivity contribution in [2.45, 2.75) is 13.1 Å². The number of aliphatic imine (C=N–C) groups is 1. The van der Waals surface area contributed by atoms with E-state index in [0.29, 0.717) is 5.75 Å². The van der Waals surface area contributed by atoms with Gasteiger partial charge in [0.2, 0.25) is 0 Å². The topological polar surface area (TPSA) is 58.6 Å². The molecule has 1 heterocycles. The summed E-state index contributed by atoms with van der Waals surface area (Å²) in [5.74, 6) is 0.293. The van der Waals surface area contributed by atoms with Crippen LogP contribution < -0.4 is 10.9 Å². The van der Waals surface area contributed by atoms with E-state index in [-0.39, 0.29) is 0 Å². The molecule has 1 aliphatic carbocycles. The molecule has 0 unspecified atom stereocenters. The predicted octanol–water partition coefficient (Wildman–Crippen LogP) is 3.81. The average molecular weight is 359 g/mol. The Labute approximate surface area is 154 Å². The number of para-hydroxylation sites is 1. The maximum atomic E-state index is 10.5.